The Labute approximate surface area is 620 Å². The fourth-order valence-electron chi connectivity index (χ4n) is 10.9. The molecule has 590 valence electrons. The molecule has 3 N–H and O–H groups in total. The molecule has 0 aliphatic heterocycles. The lowest BCUT2D eigenvalue weighted by Crippen LogP contribution is -2.30. The van der Waals surface area contributed by atoms with Gasteiger partial charge in [0.15, 0.2) is 12.2 Å². The normalized spacial score (nSPS) is 14.4. The molecule has 0 saturated carbocycles. The van der Waals surface area contributed by atoms with Gasteiger partial charge in [0.25, 0.3) is 0 Å². The van der Waals surface area contributed by atoms with E-state index in [2.05, 4.69) is 101 Å². The highest BCUT2D eigenvalue weighted by molar-refractivity contribution is 7.47. The Bertz CT molecular complexity index is 2310. The monoisotopic (exact) mass is 1480 g/mol. The highest BCUT2D eigenvalue weighted by Crippen LogP contribution is 2.45. The van der Waals surface area contributed by atoms with E-state index in [4.69, 9.17) is 37.0 Å². The second kappa shape index (κ2) is 75.2. The molecule has 0 rings (SSSR count). The molecule has 0 aliphatic carbocycles. The van der Waals surface area contributed by atoms with Crippen LogP contribution in [0.3, 0.4) is 0 Å². The molecule has 0 aromatic rings. The quantitative estimate of drug-likeness (QED) is 0.0169. The van der Waals surface area contributed by atoms with Crippen molar-refractivity contribution < 1.29 is 80.2 Å². The summed E-state index contributed by atoms with van der Waals surface area (Å²) < 4.78 is 68.5. The SMILES string of the molecule is CCCCC/C=C\C/C=C\C/C=C\C/C=C\CCCC(=O)OC[C@H](COP(=O)(O)OC[C@H](O)COP(=O)(O)OC[C@@H](COC(=O)CCCCCCCCCCCCCCC)OC(=O)CCC/C=C\C/C=C\C/C=C\C/C=C\CCCCC)OC(=O)CCCCCCCCCCCCCCCCC. The number of rotatable bonds is 76. The average molecular weight is 1480 g/mol. The van der Waals surface area contributed by atoms with Gasteiger partial charge in [-0.2, -0.15) is 0 Å². The van der Waals surface area contributed by atoms with Gasteiger partial charge in [-0.1, -0.05) is 318 Å². The first-order chi connectivity index (χ1) is 49.7. The van der Waals surface area contributed by atoms with Crippen molar-refractivity contribution >= 4 is 39.5 Å². The number of unbranched alkanes of at least 4 members (excludes halogenated alkanes) is 34. The Hall–Kier alpha value is -4.02. The molecule has 0 aromatic heterocycles. The van der Waals surface area contributed by atoms with E-state index in [0.29, 0.717) is 38.5 Å². The minimum absolute atomic E-state index is 0.0203. The van der Waals surface area contributed by atoms with Gasteiger partial charge < -0.3 is 33.8 Å². The van der Waals surface area contributed by atoms with Crippen molar-refractivity contribution in [1.29, 1.82) is 0 Å². The third kappa shape index (κ3) is 74.3. The zero-order valence-corrected chi connectivity index (χ0v) is 66.3. The van der Waals surface area contributed by atoms with Crippen LogP contribution in [0, 0.1) is 0 Å². The van der Waals surface area contributed by atoms with Crippen LogP contribution in [0.25, 0.3) is 0 Å². The highest BCUT2D eigenvalue weighted by Gasteiger charge is 2.30. The topological polar surface area (TPSA) is 237 Å². The number of phosphoric ester groups is 2. The summed E-state index contributed by atoms with van der Waals surface area (Å²) in [6.45, 7) is 4.75. The largest absolute Gasteiger partial charge is 0.472 e. The number of aliphatic hydroxyl groups is 1. The van der Waals surface area contributed by atoms with Gasteiger partial charge in [-0.3, -0.25) is 37.3 Å². The molecule has 0 radical (unpaired) electrons. The first kappa shape index (κ1) is 98.0. The molecular formula is C83H146O17P2. The fraction of sp³-hybridized carbons (Fsp3) is 0.759. The molecule has 0 fully saturated rings. The molecule has 102 heavy (non-hydrogen) atoms. The van der Waals surface area contributed by atoms with E-state index in [-0.39, 0.29) is 25.7 Å². The van der Waals surface area contributed by atoms with Gasteiger partial charge in [0.1, 0.15) is 19.3 Å². The zero-order valence-electron chi connectivity index (χ0n) is 64.5. The van der Waals surface area contributed by atoms with Crippen LogP contribution in [0.1, 0.15) is 349 Å². The molecule has 0 saturated heterocycles. The number of phosphoric acid groups is 2. The van der Waals surface area contributed by atoms with E-state index >= 15 is 0 Å². The third-order valence-corrected chi connectivity index (χ3v) is 19.0. The molecule has 19 heteroatoms. The van der Waals surface area contributed by atoms with Crippen molar-refractivity contribution in [3.63, 3.8) is 0 Å². The standard InChI is InChI=1S/C83H146O17P2/c1-5-9-13-17-21-25-29-33-36-38-41-44-48-52-56-60-64-68-81(86)94-74-79(99-82(87)69-65-61-57-53-49-45-40-35-31-27-23-19-15-11-7-3)76-98-102(91,92)96-72-77(84)71-95-101(89,90)97-75-78(73-93-80(85)67-63-59-55-51-47-43-32-28-24-20-16-12-8-4)100-83(88)70-66-62-58-54-50-46-42-39-37-34-30-26-22-18-14-10-6-2/h21-22,25-26,33-34,36-37,41-42,44,46,52,54,56,58,77-79,84H,5-20,23-24,27-32,35,38-40,43,45,47-51,53,55,57,59-76H2,1-4H3,(H,89,90)(H,91,92)/b25-21-,26-22-,36-33-,37-34-,44-41-,46-42-,56-52-,58-54-/t77-,78-,79-/m1/s1. The lowest BCUT2D eigenvalue weighted by atomic mass is 10.0. The van der Waals surface area contributed by atoms with Crippen molar-refractivity contribution in [3.05, 3.63) is 97.2 Å². The van der Waals surface area contributed by atoms with Crippen molar-refractivity contribution in [1.82, 2.24) is 0 Å². The smallest absolute Gasteiger partial charge is 0.462 e. The van der Waals surface area contributed by atoms with E-state index < -0.39 is 97.5 Å². The number of carbonyl (C=O) groups excluding carboxylic acids is 4. The van der Waals surface area contributed by atoms with Crippen LogP contribution in [0.15, 0.2) is 97.2 Å². The van der Waals surface area contributed by atoms with Gasteiger partial charge in [0.2, 0.25) is 0 Å². The fourth-order valence-corrected chi connectivity index (χ4v) is 12.4. The van der Waals surface area contributed by atoms with E-state index in [1.54, 1.807) is 0 Å². The Morgan fingerprint density at radius 2 is 0.490 bits per heavy atom. The number of aliphatic hydroxyl groups excluding tert-OH is 1. The zero-order chi connectivity index (χ0) is 74.6. The maximum atomic E-state index is 13.1. The summed E-state index contributed by atoms with van der Waals surface area (Å²) in [6, 6.07) is 0. The van der Waals surface area contributed by atoms with Gasteiger partial charge in [0.05, 0.1) is 26.4 Å². The summed E-state index contributed by atoms with van der Waals surface area (Å²) in [5.74, 6) is -2.28. The molecule has 5 atom stereocenters. The van der Waals surface area contributed by atoms with Crippen molar-refractivity contribution in [2.24, 2.45) is 0 Å². The Balaban J connectivity index is 5.43. The van der Waals surface area contributed by atoms with E-state index in [0.717, 1.165) is 96.3 Å². The summed E-state index contributed by atoms with van der Waals surface area (Å²) in [6.07, 6.45) is 79.7. The van der Waals surface area contributed by atoms with Gasteiger partial charge in [-0.15, -0.1) is 0 Å². The van der Waals surface area contributed by atoms with Crippen LogP contribution in [0.2, 0.25) is 0 Å². The Morgan fingerprint density at radius 1 is 0.275 bits per heavy atom. The average Bonchev–Trinajstić information content (AvgIpc) is 0.951. The number of carbonyl (C=O) groups is 4. The van der Waals surface area contributed by atoms with E-state index in [1.807, 2.05) is 24.3 Å². The molecule has 0 spiro atoms. The van der Waals surface area contributed by atoms with Crippen LogP contribution < -0.4 is 0 Å². The maximum absolute atomic E-state index is 13.1. The van der Waals surface area contributed by atoms with E-state index in [1.165, 1.54) is 161 Å². The third-order valence-electron chi connectivity index (χ3n) is 17.1. The molecule has 17 nitrogen and oxygen atoms in total. The molecule has 0 heterocycles. The Morgan fingerprint density at radius 3 is 0.784 bits per heavy atom. The van der Waals surface area contributed by atoms with Crippen LogP contribution in [0.4, 0.5) is 0 Å². The first-order valence-corrected chi connectivity index (χ1v) is 43.5. The summed E-state index contributed by atoms with van der Waals surface area (Å²) >= 11 is 0. The minimum atomic E-state index is -4.99. The van der Waals surface area contributed by atoms with E-state index in [9.17, 15) is 43.2 Å². The summed E-state index contributed by atoms with van der Waals surface area (Å²) in [5, 5.41) is 10.6. The van der Waals surface area contributed by atoms with Crippen LogP contribution in [0.5, 0.6) is 0 Å². The van der Waals surface area contributed by atoms with Crippen molar-refractivity contribution in [2.45, 2.75) is 367 Å². The van der Waals surface area contributed by atoms with Crippen LogP contribution in [-0.2, 0) is 65.4 Å². The van der Waals surface area contributed by atoms with Gasteiger partial charge in [-0.25, -0.2) is 9.13 Å². The molecule has 2 unspecified atom stereocenters. The molecule has 0 aromatic carbocycles. The number of allylic oxidation sites excluding steroid dienone is 16. The molecular weight excluding hydrogens is 1330 g/mol. The maximum Gasteiger partial charge on any atom is 0.472 e. The van der Waals surface area contributed by atoms with Crippen molar-refractivity contribution in [3.8, 4) is 0 Å². The summed E-state index contributed by atoms with van der Waals surface area (Å²) in [7, 11) is -9.98. The molecule has 0 amide bonds. The number of hydrogen-bond acceptors (Lipinski definition) is 15. The molecule has 0 bridgehead atoms. The summed E-state index contributed by atoms with van der Waals surface area (Å²) in [5.41, 5.74) is 0. The Kier molecular flexibility index (Phi) is 72.3. The molecule has 0 aliphatic rings. The van der Waals surface area contributed by atoms with Gasteiger partial charge in [-0.05, 0) is 103 Å². The van der Waals surface area contributed by atoms with Crippen molar-refractivity contribution in [2.75, 3.05) is 39.6 Å². The van der Waals surface area contributed by atoms with Crippen LogP contribution >= 0.6 is 15.6 Å². The van der Waals surface area contributed by atoms with Gasteiger partial charge in [0, 0.05) is 25.7 Å². The highest BCUT2D eigenvalue weighted by atomic mass is 31.2. The number of ether oxygens (including phenoxy) is 4. The number of esters is 4. The predicted molar refractivity (Wildman–Crippen MR) is 418 cm³/mol. The lowest BCUT2D eigenvalue weighted by molar-refractivity contribution is -0.161. The summed E-state index contributed by atoms with van der Waals surface area (Å²) in [4.78, 5) is 73.0. The second-order valence-corrected chi connectivity index (χ2v) is 29.9. The van der Waals surface area contributed by atoms with Crippen LogP contribution in [-0.4, -0.2) is 96.7 Å². The second-order valence-electron chi connectivity index (χ2n) is 27.0. The predicted octanol–water partition coefficient (Wildman–Crippen LogP) is 23.6. The number of hydrogen-bond donors (Lipinski definition) is 3. The first-order valence-electron chi connectivity index (χ1n) is 40.5. The lowest BCUT2D eigenvalue weighted by Gasteiger charge is -2.21. The van der Waals surface area contributed by atoms with Gasteiger partial charge >= 0.3 is 39.5 Å². The minimum Gasteiger partial charge on any atom is -0.462 e.